The van der Waals surface area contributed by atoms with Gasteiger partial charge in [0.1, 0.15) is 0 Å². The number of ether oxygens (including phenoxy) is 2. The zero-order valence-electron chi connectivity index (χ0n) is 13.6. The van der Waals surface area contributed by atoms with Crippen molar-refractivity contribution < 1.29 is 14.3 Å². The fourth-order valence-corrected chi connectivity index (χ4v) is 2.23. The van der Waals surface area contributed by atoms with Crippen LogP contribution >= 0.6 is 0 Å². The van der Waals surface area contributed by atoms with Crippen LogP contribution < -0.4 is 20.1 Å². The van der Waals surface area contributed by atoms with E-state index in [2.05, 4.69) is 10.6 Å². The van der Waals surface area contributed by atoms with Gasteiger partial charge in [-0.05, 0) is 30.2 Å². The predicted molar refractivity (Wildman–Crippen MR) is 89.8 cm³/mol. The van der Waals surface area contributed by atoms with E-state index in [0.29, 0.717) is 18.0 Å². The van der Waals surface area contributed by atoms with E-state index in [0.717, 1.165) is 11.1 Å². The standard InChI is InChI=1S/C18H22N2O3/c1-13(15-9-10-16(22-2)17(11-15)23-3)20-18(21)19-12-14-7-5-4-6-8-14/h4-11,13H,12H2,1-3H3,(H2,19,20,21). The highest BCUT2D eigenvalue weighted by atomic mass is 16.5. The van der Waals surface area contributed by atoms with Crippen molar-refractivity contribution in [1.82, 2.24) is 10.6 Å². The lowest BCUT2D eigenvalue weighted by Gasteiger charge is -2.17. The number of hydrogen-bond acceptors (Lipinski definition) is 3. The topological polar surface area (TPSA) is 59.6 Å². The highest BCUT2D eigenvalue weighted by Crippen LogP contribution is 2.29. The first-order valence-corrected chi connectivity index (χ1v) is 7.44. The van der Waals surface area contributed by atoms with Crippen molar-refractivity contribution in [2.45, 2.75) is 19.5 Å². The summed E-state index contributed by atoms with van der Waals surface area (Å²) in [5.74, 6) is 1.31. The van der Waals surface area contributed by atoms with Crippen molar-refractivity contribution in [3.05, 3.63) is 59.7 Å². The number of urea groups is 1. The second kappa shape index (κ2) is 8.08. The minimum Gasteiger partial charge on any atom is -0.493 e. The number of methoxy groups -OCH3 is 2. The van der Waals surface area contributed by atoms with Gasteiger partial charge in [0, 0.05) is 6.54 Å². The van der Waals surface area contributed by atoms with Gasteiger partial charge >= 0.3 is 6.03 Å². The van der Waals surface area contributed by atoms with Gasteiger partial charge in [-0.25, -0.2) is 4.79 Å². The summed E-state index contributed by atoms with van der Waals surface area (Å²) in [7, 11) is 3.18. The van der Waals surface area contributed by atoms with Gasteiger partial charge in [0.15, 0.2) is 11.5 Å². The Hall–Kier alpha value is -2.69. The molecule has 0 saturated carbocycles. The molecular formula is C18H22N2O3. The van der Waals surface area contributed by atoms with Crippen LogP contribution in [0.2, 0.25) is 0 Å². The summed E-state index contributed by atoms with van der Waals surface area (Å²) in [5, 5.41) is 5.75. The maximum atomic E-state index is 12.0. The van der Waals surface area contributed by atoms with Crippen molar-refractivity contribution in [1.29, 1.82) is 0 Å². The first-order chi connectivity index (χ1) is 11.1. The van der Waals surface area contributed by atoms with E-state index in [1.54, 1.807) is 14.2 Å². The molecule has 2 aromatic carbocycles. The molecule has 122 valence electrons. The molecule has 2 N–H and O–H groups in total. The Morgan fingerprint density at radius 2 is 1.74 bits per heavy atom. The van der Waals surface area contributed by atoms with Crippen LogP contribution in [0.3, 0.4) is 0 Å². The lowest BCUT2D eigenvalue weighted by atomic mass is 10.1. The Bertz CT molecular complexity index is 644. The van der Waals surface area contributed by atoms with Crippen molar-refractivity contribution >= 4 is 6.03 Å². The molecule has 0 fully saturated rings. The second-order valence-corrected chi connectivity index (χ2v) is 5.15. The van der Waals surface area contributed by atoms with Crippen LogP contribution in [0.15, 0.2) is 48.5 Å². The number of benzene rings is 2. The molecule has 2 rings (SSSR count). The number of carbonyl (C=O) groups is 1. The Balaban J connectivity index is 1.93. The second-order valence-electron chi connectivity index (χ2n) is 5.15. The molecule has 5 nitrogen and oxygen atoms in total. The van der Waals surface area contributed by atoms with Crippen LogP contribution in [0.4, 0.5) is 4.79 Å². The number of hydrogen-bond donors (Lipinski definition) is 2. The van der Waals surface area contributed by atoms with Crippen LogP contribution in [0, 0.1) is 0 Å². The Morgan fingerprint density at radius 3 is 2.39 bits per heavy atom. The molecule has 23 heavy (non-hydrogen) atoms. The number of rotatable bonds is 6. The lowest BCUT2D eigenvalue weighted by molar-refractivity contribution is 0.237. The van der Waals surface area contributed by atoms with Gasteiger partial charge in [-0.3, -0.25) is 0 Å². The van der Waals surface area contributed by atoms with Gasteiger partial charge in [0.25, 0.3) is 0 Å². The molecule has 0 bridgehead atoms. The largest absolute Gasteiger partial charge is 0.493 e. The van der Waals surface area contributed by atoms with Crippen molar-refractivity contribution in [2.24, 2.45) is 0 Å². The zero-order valence-corrected chi connectivity index (χ0v) is 13.6. The van der Waals surface area contributed by atoms with Gasteiger partial charge in [-0.1, -0.05) is 36.4 Å². The monoisotopic (exact) mass is 314 g/mol. The molecule has 0 aliphatic rings. The van der Waals surface area contributed by atoms with E-state index in [-0.39, 0.29) is 12.1 Å². The molecular weight excluding hydrogens is 292 g/mol. The molecule has 0 radical (unpaired) electrons. The van der Waals surface area contributed by atoms with E-state index in [1.807, 2.05) is 55.5 Å². The summed E-state index contributed by atoms with van der Waals surface area (Å²) in [6.07, 6.45) is 0. The minimum atomic E-state index is -0.212. The molecule has 0 aliphatic heterocycles. The van der Waals surface area contributed by atoms with Gasteiger partial charge in [0.05, 0.1) is 20.3 Å². The maximum Gasteiger partial charge on any atom is 0.315 e. The average Bonchev–Trinajstić information content (AvgIpc) is 2.60. The number of amides is 2. The van der Waals surface area contributed by atoms with Crippen molar-refractivity contribution in [3.8, 4) is 11.5 Å². The first-order valence-electron chi connectivity index (χ1n) is 7.44. The van der Waals surface area contributed by atoms with Crippen LogP contribution in [0.25, 0.3) is 0 Å². The first kappa shape index (κ1) is 16.7. The zero-order chi connectivity index (χ0) is 16.7. The fourth-order valence-electron chi connectivity index (χ4n) is 2.23. The third-order valence-electron chi connectivity index (χ3n) is 3.55. The highest BCUT2D eigenvalue weighted by molar-refractivity contribution is 5.74. The third kappa shape index (κ3) is 4.64. The minimum absolute atomic E-state index is 0.148. The van der Waals surface area contributed by atoms with Crippen molar-refractivity contribution in [2.75, 3.05) is 14.2 Å². The summed E-state index contributed by atoms with van der Waals surface area (Å²) in [6.45, 7) is 2.41. The lowest BCUT2D eigenvalue weighted by Crippen LogP contribution is -2.36. The van der Waals surface area contributed by atoms with E-state index in [4.69, 9.17) is 9.47 Å². The number of carbonyl (C=O) groups excluding carboxylic acids is 1. The van der Waals surface area contributed by atoms with Crippen LogP contribution in [0.5, 0.6) is 11.5 Å². The fraction of sp³-hybridized carbons (Fsp3) is 0.278. The Labute approximate surface area is 136 Å². The Kier molecular flexibility index (Phi) is 5.86. The SMILES string of the molecule is COc1ccc(C(C)NC(=O)NCc2ccccc2)cc1OC. The van der Waals surface area contributed by atoms with E-state index in [1.165, 1.54) is 0 Å². The number of nitrogens with one attached hydrogen (secondary N) is 2. The summed E-state index contributed by atoms with van der Waals surface area (Å²) >= 11 is 0. The van der Waals surface area contributed by atoms with Crippen LogP contribution in [-0.2, 0) is 6.54 Å². The van der Waals surface area contributed by atoms with Gasteiger partial charge in [-0.2, -0.15) is 0 Å². The van der Waals surface area contributed by atoms with Crippen LogP contribution in [0.1, 0.15) is 24.1 Å². The van der Waals surface area contributed by atoms with Crippen molar-refractivity contribution in [3.63, 3.8) is 0 Å². The molecule has 2 amide bonds. The quantitative estimate of drug-likeness (QED) is 0.860. The normalized spacial score (nSPS) is 11.4. The van der Waals surface area contributed by atoms with Crippen LogP contribution in [-0.4, -0.2) is 20.3 Å². The smallest absolute Gasteiger partial charge is 0.315 e. The molecule has 5 heteroatoms. The average molecular weight is 314 g/mol. The van der Waals surface area contributed by atoms with E-state index >= 15 is 0 Å². The molecule has 1 unspecified atom stereocenters. The van der Waals surface area contributed by atoms with E-state index < -0.39 is 0 Å². The molecule has 0 heterocycles. The summed E-state index contributed by atoms with van der Waals surface area (Å²) in [5.41, 5.74) is 2.00. The molecule has 2 aromatic rings. The Morgan fingerprint density at radius 1 is 1.04 bits per heavy atom. The molecule has 0 aromatic heterocycles. The third-order valence-corrected chi connectivity index (χ3v) is 3.55. The summed E-state index contributed by atoms with van der Waals surface area (Å²) in [4.78, 5) is 12.0. The molecule has 0 spiro atoms. The molecule has 1 atom stereocenters. The maximum absolute atomic E-state index is 12.0. The van der Waals surface area contributed by atoms with Gasteiger partial charge in [0.2, 0.25) is 0 Å². The predicted octanol–water partition coefficient (Wildman–Crippen LogP) is 3.26. The highest BCUT2D eigenvalue weighted by Gasteiger charge is 2.12. The van der Waals surface area contributed by atoms with Gasteiger partial charge < -0.3 is 20.1 Å². The van der Waals surface area contributed by atoms with Gasteiger partial charge in [-0.15, -0.1) is 0 Å². The summed E-state index contributed by atoms with van der Waals surface area (Å²) in [6, 6.07) is 15.0. The molecule has 0 saturated heterocycles. The molecule has 0 aliphatic carbocycles. The summed E-state index contributed by atoms with van der Waals surface area (Å²) < 4.78 is 10.5. The van der Waals surface area contributed by atoms with E-state index in [9.17, 15) is 4.79 Å².